The fourth-order valence-corrected chi connectivity index (χ4v) is 3.32. The number of nitro benzene ring substituents is 1. The van der Waals surface area contributed by atoms with Gasteiger partial charge in [0.05, 0.1) is 4.92 Å². The van der Waals surface area contributed by atoms with Gasteiger partial charge in [0.15, 0.2) is 6.54 Å². The van der Waals surface area contributed by atoms with Crippen molar-refractivity contribution in [3.63, 3.8) is 0 Å². The summed E-state index contributed by atoms with van der Waals surface area (Å²) in [5.41, 5.74) is 0.877. The maximum Gasteiger partial charge on any atom is 0.330 e. The van der Waals surface area contributed by atoms with E-state index in [4.69, 9.17) is 16.3 Å². The van der Waals surface area contributed by atoms with Crippen LogP contribution in [0.1, 0.15) is 11.7 Å². The molecule has 1 atom stereocenters. The van der Waals surface area contributed by atoms with Crippen molar-refractivity contribution in [2.75, 3.05) is 5.32 Å². The van der Waals surface area contributed by atoms with Gasteiger partial charge in [-0.3, -0.25) is 14.9 Å². The van der Waals surface area contributed by atoms with Crippen molar-refractivity contribution < 1.29 is 19.2 Å². The number of esters is 1. The average Bonchev–Trinajstić information content (AvgIpc) is 3.33. The first-order valence-electron chi connectivity index (χ1n) is 10.2. The summed E-state index contributed by atoms with van der Waals surface area (Å²) in [6.45, 7) is -0.386. The summed E-state index contributed by atoms with van der Waals surface area (Å²) in [6.07, 6.45) is -1.34. The van der Waals surface area contributed by atoms with Gasteiger partial charge in [-0.25, -0.2) is 4.79 Å². The van der Waals surface area contributed by atoms with Gasteiger partial charge in [0, 0.05) is 22.9 Å². The topological polar surface area (TPSA) is 142 Å². The molecule has 1 aromatic heterocycles. The lowest BCUT2D eigenvalue weighted by Gasteiger charge is -2.18. The van der Waals surface area contributed by atoms with Crippen molar-refractivity contribution in [3.05, 3.63) is 99.6 Å². The lowest BCUT2D eigenvalue weighted by molar-refractivity contribution is -0.384. The minimum absolute atomic E-state index is 0.0748. The molecule has 1 amide bonds. The van der Waals surface area contributed by atoms with Crippen LogP contribution in [0.15, 0.2) is 78.9 Å². The molecule has 35 heavy (non-hydrogen) atoms. The first-order chi connectivity index (χ1) is 16.9. The summed E-state index contributed by atoms with van der Waals surface area (Å²) in [7, 11) is 0. The molecule has 0 saturated heterocycles. The van der Waals surface area contributed by atoms with Gasteiger partial charge in [-0.2, -0.15) is 4.80 Å². The van der Waals surface area contributed by atoms with Crippen LogP contribution in [0.2, 0.25) is 5.02 Å². The summed E-state index contributed by atoms with van der Waals surface area (Å²) < 4.78 is 5.45. The Morgan fingerprint density at radius 1 is 1.06 bits per heavy atom. The van der Waals surface area contributed by atoms with Crippen LogP contribution >= 0.6 is 11.6 Å². The molecule has 0 radical (unpaired) electrons. The van der Waals surface area contributed by atoms with Crippen LogP contribution in [0.4, 0.5) is 11.4 Å². The fraction of sp³-hybridized carbons (Fsp3) is 0.0870. The van der Waals surface area contributed by atoms with E-state index in [1.54, 1.807) is 42.5 Å². The molecule has 1 heterocycles. The molecule has 1 N–H and O–H groups in total. The Bertz CT molecular complexity index is 1360. The molecule has 12 heteroatoms. The van der Waals surface area contributed by atoms with E-state index in [9.17, 15) is 19.7 Å². The highest BCUT2D eigenvalue weighted by Crippen LogP contribution is 2.28. The number of carbonyl (C=O) groups excluding carboxylic acids is 2. The lowest BCUT2D eigenvalue weighted by Crippen LogP contribution is -2.27. The second-order valence-electron chi connectivity index (χ2n) is 7.20. The van der Waals surface area contributed by atoms with Crippen LogP contribution in [0.25, 0.3) is 11.4 Å². The van der Waals surface area contributed by atoms with Crippen LogP contribution in [-0.2, 0) is 20.9 Å². The third-order valence-corrected chi connectivity index (χ3v) is 5.08. The third-order valence-electron chi connectivity index (χ3n) is 4.76. The first-order valence-corrected chi connectivity index (χ1v) is 10.6. The quantitative estimate of drug-likeness (QED) is 0.222. The number of tetrazole rings is 1. The molecule has 4 rings (SSSR count). The minimum atomic E-state index is -1.34. The van der Waals surface area contributed by atoms with Crippen molar-refractivity contribution in [2.24, 2.45) is 0 Å². The molecule has 11 nitrogen and oxygen atoms in total. The number of nitrogens with zero attached hydrogens (tertiary/aromatic N) is 5. The average molecular weight is 493 g/mol. The molecule has 0 aliphatic rings. The minimum Gasteiger partial charge on any atom is -0.446 e. The maximum atomic E-state index is 13.0. The van der Waals surface area contributed by atoms with Crippen molar-refractivity contribution in [1.82, 2.24) is 20.2 Å². The number of hydrogen-bond donors (Lipinski definition) is 1. The van der Waals surface area contributed by atoms with Crippen molar-refractivity contribution in [3.8, 4) is 11.4 Å². The van der Waals surface area contributed by atoms with Gasteiger partial charge in [0.25, 0.3) is 11.6 Å². The van der Waals surface area contributed by atoms with E-state index in [1.165, 1.54) is 12.1 Å². The zero-order valence-electron chi connectivity index (χ0n) is 17.9. The van der Waals surface area contributed by atoms with Crippen molar-refractivity contribution in [2.45, 2.75) is 12.6 Å². The first kappa shape index (κ1) is 23.5. The summed E-state index contributed by atoms with van der Waals surface area (Å²) in [4.78, 5) is 37.2. The van der Waals surface area contributed by atoms with Crippen molar-refractivity contribution in [1.29, 1.82) is 0 Å². The predicted octanol–water partition coefficient (Wildman–Crippen LogP) is 3.82. The van der Waals surface area contributed by atoms with Gasteiger partial charge in [-0.15, -0.1) is 10.2 Å². The molecule has 0 bridgehead atoms. The molecule has 3 aromatic carbocycles. The fourth-order valence-electron chi connectivity index (χ4n) is 3.14. The van der Waals surface area contributed by atoms with Crippen LogP contribution in [0.5, 0.6) is 0 Å². The number of rotatable bonds is 8. The summed E-state index contributed by atoms with van der Waals surface area (Å²) in [5, 5.41) is 25.5. The second kappa shape index (κ2) is 10.5. The molecule has 176 valence electrons. The number of nitro groups is 1. The van der Waals surface area contributed by atoms with Gasteiger partial charge in [0.1, 0.15) is 5.02 Å². The maximum absolute atomic E-state index is 13.0. The highest BCUT2D eigenvalue weighted by Gasteiger charge is 2.26. The van der Waals surface area contributed by atoms with E-state index < -0.39 is 22.9 Å². The molecule has 1 unspecified atom stereocenters. The van der Waals surface area contributed by atoms with Crippen LogP contribution in [-0.4, -0.2) is 37.0 Å². The smallest absolute Gasteiger partial charge is 0.330 e. The van der Waals surface area contributed by atoms with Gasteiger partial charge >= 0.3 is 5.97 Å². The Morgan fingerprint density at radius 3 is 2.43 bits per heavy atom. The number of carbonyl (C=O) groups is 2. The summed E-state index contributed by atoms with van der Waals surface area (Å²) >= 11 is 5.83. The predicted molar refractivity (Wildman–Crippen MR) is 125 cm³/mol. The zero-order valence-corrected chi connectivity index (χ0v) is 18.7. The number of amides is 1. The highest BCUT2D eigenvalue weighted by atomic mass is 35.5. The zero-order chi connectivity index (χ0) is 24.8. The van der Waals surface area contributed by atoms with E-state index in [1.807, 2.05) is 18.2 Å². The van der Waals surface area contributed by atoms with Crippen molar-refractivity contribution >= 4 is 34.9 Å². The molecule has 0 aliphatic heterocycles. The molecular formula is C23H17ClN6O5. The largest absolute Gasteiger partial charge is 0.446 e. The summed E-state index contributed by atoms with van der Waals surface area (Å²) in [6, 6.07) is 21.2. The Kier molecular flexibility index (Phi) is 7.07. The third kappa shape index (κ3) is 5.84. The van der Waals surface area contributed by atoms with E-state index in [0.717, 1.165) is 16.4 Å². The number of benzene rings is 3. The van der Waals surface area contributed by atoms with E-state index >= 15 is 0 Å². The SMILES string of the molecule is O=C(Cn1nnc(-c2ccccc2)n1)OC(C(=O)Nc1ccc(Cl)c([N+](=O)[O-])c1)c1ccccc1. The molecule has 0 aliphatic carbocycles. The molecule has 0 saturated carbocycles. The monoisotopic (exact) mass is 492 g/mol. The van der Waals surface area contributed by atoms with Crippen LogP contribution in [0.3, 0.4) is 0 Å². The number of ether oxygens (including phenoxy) is 1. The van der Waals surface area contributed by atoms with E-state index in [2.05, 4.69) is 20.7 Å². The molecule has 4 aromatic rings. The Balaban J connectivity index is 1.50. The number of nitrogens with one attached hydrogen (secondary N) is 1. The van der Waals surface area contributed by atoms with E-state index in [0.29, 0.717) is 11.4 Å². The van der Waals surface area contributed by atoms with Gasteiger partial charge in [-0.1, -0.05) is 72.3 Å². The normalized spacial score (nSPS) is 11.5. The van der Waals surface area contributed by atoms with Gasteiger partial charge in [-0.05, 0) is 17.3 Å². The van der Waals surface area contributed by atoms with Crippen LogP contribution in [0, 0.1) is 10.1 Å². The lowest BCUT2D eigenvalue weighted by atomic mass is 10.1. The van der Waals surface area contributed by atoms with Gasteiger partial charge < -0.3 is 10.1 Å². The molecule has 0 spiro atoms. The van der Waals surface area contributed by atoms with Crippen LogP contribution < -0.4 is 5.32 Å². The number of halogens is 1. The Morgan fingerprint density at radius 2 is 1.74 bits per heavy atom. The highest BCUT2D eigenvalue weighted by molar-refractivity contribution is 6.32. The standard InChI is InChI=1S/C23H17ClN6O5/c24-18-12-11-17(13-19(18)30(33)34)25-23(32)21(15-7-3-1-4-8-15)35-20(31)14-29-27-22(26-28-29)16-9-5-2-6-10-16/h1-13,21H,14H2,(H,25,32). The molecular weight excluding hydrogens is 476 g/mol. The number of aromatic nitrogens is 4. The summed E-state index contributed by atoms with van der Waals surface area (Å²) in [5.74, 6) is -1.16. The Labute approximate surface area is 203 Å². The number of anilines is 1. The van der Waals surface area contributed by atoms with Gasteiger partial charge in [0.2, 0.25) is 11.9 Å². The number of hydrogen-bond acceptors (Lipinski definition) is 8. The van der Waals surface area contributed by atoms with E-state index in [-0.39, 0.29) is 22.9 Å². The Hall–Kier alpha value is -4.64. The molecule has 0 fully saturated rings. The second-order valence-corrected chi connectivity index (χ2v) is 7.61.